The standard InChI is InChI=1S/C57H34N4O2/c1-3-15-35(16-4-1)55-58-56(36-17-5-2-6-18-36)60-57(59-55)48-32-37(38-28-30-53-45(31-38)43-21-9-13-25-51(43)62-53)27-29-40(48)46-33-39(34-47-44-22-10-14-26-52(44)63-54(46)47)61-49-23-11-7-19-41(49)42-20-8-12-24-50(42)61/h1-34H. The van der Waals surface area contributed by atoms with Gasteiger partial charge in [-0.05, 0) is 71.3 Å². The highest BCUT2D eigenvalue weighted by Crippen LogP contribution is 2.44. The Kier molecular flexibility index (Phi) is 7.80. The van der Waals surface area contributed by atoms with E-state index in [1.165, 1.54) is 10.8 Å². The summed E-state index contributed by atoms with van der Waals surface area (Å²) in [7, 11) is 0. The number of hydrogen-bond acceptors (Lipinski definition) is 5. The van der Waals surface area contributed by atoms with Gasteiger partial charge in [0.2, 0.25) is 0 Å². The molecule has 0 spiro atoms. The summed E-state index contributed by atoms with van der Waals surface area (Å²) in [6.45, 7) is 0. The van der Waals surface area contributed by atoms with Gasteiger partial charge >= 0.3 is 0 Å². The Hall–Kier alpha value is -8.61. The van der Waals surface area contributed by atoms with Crippen LogP contribution in [0.5, 0.6) is 0 Å². The van der Waals surface area contributed by atoms with E-state index >= 15 is 0 Å². The van der Waals surface area contributed by atoms with E-state index in [-0.39, 0.29) is 0 Å². The third-order valence-electron chi connectivity index (χ3n) is 12.3. The molecular formula is C57H34N4O2. The van der Waals surface area contributed by atoms with E-state index in [2.05, 4.69) is 126 Å². The lowest BCUT2D eigenvalue weighted by Gasteiger charge is -2.16. The van der Waals surface area contributed by atoms with Gasteiger partial charge in [-0.2, -0.15) is 0 Å². The normalized spacial score (nSPS) is 11.8. The predicted molar refractivity (Wildman–Crippen MR) is 256 cm³/mol. The average molecular weight is 807 g/mol. The van der Waals surface area contributed by atoms with Crippen LogP contribution in [-0.4, -0.2) is 19.5 Å². The van der Waals surface area contributed by atoms with E-state index in [0.717, 1.165) is 99.5 Å². The summed E-state index contributed by atoms with van der Waals surface area (Å²) in [5, 5.41) is 6.62. The van der Waals surface area contributed by atoms with Crippen molar-refractivity contribution in [1.82, 2.24) is 19.5 Å². The van der Waals surface area contributed by atoms with Crippen LogP contribution in [0.15, 0.2) is 215 Å². The molecule has 9 aromatic carbocycles. The van der Waals surface area contributed by atoms with Crippen LogP contribution >= 0.6 is 0 Å². The largest absolute Gasteiger partial charge is 0.456 e. The van der Waals surface area contributed by atoms with Gasteiger partial charge in [0, 0.05) is 60.3 Å². The monoisotopic (exact) mass is 806 g/mol. The summed E-state index contributed by atoms with van der Waals surface area (Å²) in [5.74, 6) is 1.74. The molecule has 0 fully saturated rings. The molecule has 6 heteroatoms. The zero-order chi connectivity index (χ0) is 41.4. The molecule has 13 rings (SSSR count). The SMILES string of the molecule is c1ccc(-c2nc(-c3ccccc3)nc(-c3cc(-c4ccc5oc6ccccc6c5c4)ccc3-c3cc(-n4c5ccccc5c5ccccc54)cc4c3oc3ccccc34)n2)cc1. The van der Waals surface area contributed by atoms with Crippen molar-refractivity contribution in [3.8, 4) is 62.1 Å². The molecule has 0 atom stereocenters. The molecule has 0 aliphatic carbocycles. The lowest BCUT2D eigenvalue weighted by molar-refractivity contribution is 0.669. The highest BCUT2D eigenvalue weighted by atomic mass is 16.3. The highest BCUT2D eigenvalue weighted by molar-refractivity contribution is 6.14. The molecule has 0 aliphatic heterocycles. The molecule has 0 unspecified atom stereocenters. The Bertz CT molecular complexity index is 3810. The van der Waals surface area contributed by atoms with Gasteiger partial charge in [0.15, 0.2) is 17.5 Å². The molecule has 0 saturated carbocycles. The fourth-order valence-electron chi connectivity index (χ4n) is 9.32. The second-order valence-electron chi connectivity index (χ2n) is 15.9. The molecule has 0 radical (unpaired) electrons. The Balaban J connectivity index is 1.12. The van der Waals surface area contributed by atoms with Crippen molar-refractivity contribution in [1.29, 1.82) is 0 Å². The van der Waals surface area contributed by atoms with Crippen molar-refractivity contribution < 1.29 is 8.83 Å². The van der Waals surface area contributed by atoms with Gasteiger partial charge in [-0.1, -0.05) is 152 Å². The quantitative estimate of drug-likeness (QED) is 0.167. The topological polar surface area (TPSA) is 69.9 Å². The molecule has 0 N–H and O–H groups in total. The minimum atomic E-state index is 0.556. The van der Waals surface area contributed by atoms with Crippen LogP contribution in [0.4, 0.5) is 0 Å². The smallest absolute Gasteiger partial charge is 0.164 e. The number of rotatable bonds is 6. The van der Waals surface area contributed by atoms with Crippen LogP contribution < -0.4 is 0 Å². The number of furan rings is 2. The second kappa shape index (κ2) is 14.0. The van der Waals surface area contributed by atoms with Gasteiger partial charge in [0.05, 0.1) is 11.0 Å². The lowest BCUT2D eigenvalue weighted by Crippen LogP contribution is -2.02. The number of fused-ring (bicyclic) bond motifs is 9. The van der Waals surface area contributed by atoms with Crippen LogP contribution in [0.2, 0.25) is 0 Å². The molecule has 6 nitrogen and oxygen atoms in total. The van der Waals surface area contributed by atoms with Gasteiger partial charge in [0.1, 0.15) is 22.3 Å². The molecule has 63 heavy (non-hydrogen) atoms. The summed E-state index contributed by atoms with van der Waals surface area (Å²) < 4.78 is 15.5. The molecule has 0 aliphatic rings. The van der Waals surface area contributed by atoms with Crippen molar-refractivity contribution in [2.24, 2.45) is 0 Å². The molecule has 4 aromatic heterocycles. The van der Waals surface area contributed by atoms with Crippen molar-refractivity contribution >= 4 is 65.7 Å². The Morgan fingerprint density at radius 3 is 1.48 bits per heavy atom. The minimum Gasteiger partial charge on any atom is -0.456 e. The first-order valence-electron chi connectivity index (χ1n) is 21.1. The summed E-state index contributed by atoms with van der Waals surface area (Å²) >= 11 is 0. The molecule has 294 valence electrons. The molecule has 0 saturated heterocycles. The molecule has 0 amide bonds. The van der Waals surface area contributed by atoms with Crippen molar-refractivity contribution in [2.75, 3.05) is 0 Å². The van der Waals surface area contributed by atoms with Crippen LogP contribution in [0, 0.1) is 0 Å². The van der Waals surface area contributed by atoms with Gasteiger partial charge in [0.25, 0.3) is 0 Å². The van der Waals surface area contributed by atoms with Crippen molar-refractivity contribution in [2.45, 2.75) is 0 Å². The fraction of sp³-hybridized carbons (Fsp3) is 0. The van der Waals surface area contributed by atoms with Crippen molar-refractivity contribution in [3.63, 3.8) is 0 Å². The Morgan fingerprint density at radius 1 is 0.302 bits per heavy atom. The maximum atomic E-state index is 6.88. The van der Waals surface area contributed by atoms with E-state index in [9.17, 15) is 0 Å². The molecular weight excluding hydrogens is 773 g/mol. The number of benzene rings is 9. The third kappa shape index (κ3) is 5.69. The van der Waals surface area contributed by atoms with Gasteiger partial charge in [-0.15, -0.1) is 0 Å². The van der Waals surface area contributed by atoms with Crippen LogP contribution in [0.25, 0.3) is 128 Å². The third-order valence-corrected chi connectivity index (χ3v) is 12.3. The van der Waals surface area contributed by atoms with Gasteiger partial charge < -0.3 is 13.4 Å². The second-order valence-corrected chi connectivity index (χ2v) is 15.9. The average Bonchev–Trinajstić information content (AvgIpc) is 4.03. The number of aromatic nitrogens is 4. The van der Waals surface area contributed by atoms with Crippen LogP contribution in [0.3, 0.4) is 0 Å². The maximum absolute atomic E-state index is 6.88. The van der Waals surface area contributed by atoms with E-state index in [0.29, 0.717) is 17.5 Å². The number of para-hydroxylation sites is 4. The first-order valence-corrected chi connectivity index (χ1v) is 21.1. The van der Waals surface area contributed by atoms with Gasteiger partial charge in [-0.3, -0.25) is 0 Å². The Morgan fingerprint density at radius 2 is 0.810 bits per heavy atom. The minimum absolute atomic E-state index is 0.556. The summed E-state index contributed by atoms with van der Waals surface area (Å²) in [4.78, 5) is 15.7. The molecule has 4 heterocycles. The zero-order valence-corrected chi connectivity index (χ0v) is 33.7. The molecule has 13 aromatic rings. The predicted octanol–water partition coefficient (Wildman–Crippen LogP) is 15.1. The van der Waals surface area contributed by atoms with E-state index in [1.807, 2.05) is 84.9 Å². The van der Waals surface area contributed by atoms with Gasteiger partial charge in [-0.25, -0.2) is 15.0 Å². The maximum Gasteiger partial charge on any atom is 0.164 e. The summed E-state index contributed by atoms with van der Waals surface area (Å²) in [5.41, 5.74) is 13.2. The van der Waals surface area contributed by atoms with E-state index < -0.39 is 0 Å². The van der Waals surface area contributed by atoms with Crippen LogP contribution in [-0.2, 0) is 0 Å². The summed E-state index contributed by atoms with van der Waals surface area (Å²) in [6, 6.07) is 71.6. The highest BCUT2D eigenvalue weighted by Gasteiger charge is 2.23. The number of nitrogens with zero attached hydrogens (tertiary/aromatic N) is 4. The van der Waals surface area contributed by atoms with Crippen LogP contribution in [0.1, 0.15) is 0 Å². The molecule has 0 bridgehead atoms. The van der Waals surface area contributed by atoms with E-state index in [4.69, 9.17) is 23.8 Å². The van der Waals surface area contributed by atoms with E-state index in [1.54, 1.807) is 0 Å². The Labute approximate surface area is 361 Å². The fourth-order valence-corrected chi connectivity index (χ4v) is 9.32. The lowest BCUT2D eigenvalue weighted by atomic mass is 9.92. The first kappa shape index (κ1) is 35.2. The van der Waals surface area contributed by atoms with Crippen molar-refractivity contribution in [3.05, 3.63) is 206 Å². The summed E-state index contributed by atoms with van der Waals surface area (Å²) in [6.07, 6.45) is 0. The zero-order valence-electron chi connectivity index (χ0n) is 33.7. The first-order chi connectivity index (χ1) is 31.2. The number of hydrogen-bond donors (Lipinski definition) is 0.